The van der Waals surface area contributed by atoms with Crippen molar-refractivity contribution < 1.29 is 9.53 Å². The Labute approximate surface area is 123 Å². The summed E-state index contributed by atoms with van der Waals surface area (Å²) >= 11 is 0. The average molecular weight is 281 g/mol. The number of ether oxygens (including phenoxy) is 1. The van der Waals surface area contributed by atoms with Gasteiger partial charge >= 0.3 is 6.09 Å². The second-order valence-corrected chi connectivity index (χ2v) is 7.25. The lowest BCUT2D eigenvalue weighted by atomic mass is 9.75. The predicted octanol–water partition coefficient (Wildman–Crippen LogP) is 4.51. The predicted molar refractivity (Wildman–Crippen MR) is 81.6 cm³/mol. The van der Waals surface area contributed by atoms with Gasteiger partial charge in [0.2, 0.25) is 0 Å². The van der Waals surface area contributed by atoms with Crippen molar-refractivity contribution in [1.29, 1.82) is 0 Å². The highest BCUT2D eigenvalue weighted by atomic mass is 16.6. The van der Waals surface area contributed by atoms with Crippen LogP contribution in [0, 0.1) is 17.8 Å². The summed E-state index contributed by atoms with van der Waals surface area (Å²) in [7, 11) is 0. The van der Waals surface area contributed by atoms with Gasteiger partial charge in [0.25, 0.3) is 0 Å². The number of rotatable bonds is 3. The van der Waals surface area contributed by atoms with E-state index in [0.29, 0.717) is 23.8 Å². The molecule has 1 amide bonds. The molecule has 2 aliphatic rings. The van der Waals surface area contributed by atoms with Crippen LogP contribution in [0.25, 0.3) is 0 Å². The summed E-state index contributed by atoms with van der Waals surface area (Å²) in [6.45, 7) is 6.76. The molecule has 0 aromatic heterocycles. The third-order valence-electron chi connectivity index (χ3n) is 5.15. The second-order valence-electron chi connectivity index (χ2n) is 7.25. The smallest absolute Gasteiger partial charge is 0.407 e. The molecule has 0 spiro atoms. The number of hydrogen-bond donors (Lipinski definition) is 1. The van der Waals surface area contributed by atoms with Crippen molar-refractivity contribution in [2.45, 2.75) is 84.3 Å². The van der Waals surface area contributed by atoms with E-state index in [2.05, 4.69) is 26.1 Å². The largest absolute Gasteiger partial charge is 0.446 e. The fourth-order valence-electron chi connectivity index (χ4n) is 3.84. The van der Waals surface area contributed by atoms with E-state index in [-0.39, 0.29) is 12.2 Å². The normalized spacial score (nSPS) is 32.1. The molecular formula is C17H31NO2. The zero-order valence-electron chi connectivity index (χ0n) is 13.4. The van der Waals surface area contributed by atoms with Crippen LogP contribution in [-0.4, -0.2) is 18.2 Å². The molecule has 0 aromatic rings. The van der Waals surface area contributed by atoms with E-state index in [1.807, 2.05) is 0 Å². The first-order chi connectivity index (χ1) is 9.56. The molecule has 0 radical (unpaired) electrons. The first-order valence-electron chi connectivity index (χ1n) is 8.53. The van der Waals surface area contributed by atoms with Gasteiger partial charge in [-0.25, -0.2) is 4.79 Å². The Hall–Kier alpha value is -0.730. The molecule has 2 saturated carbocycles. The van der Waals surface area contributed by atoms with Crippen LogP contribution in [0.4, 0.5) is 4.79 Å². The number of nitrogens with one attached hydrogen (secondary N) is 1. The Kier molecular flexibility index (Phi) is 5.74. The van der Waals surface area contributed by atoms with Gasteiger partial charge < -0.3 is 10.1 Å². The Morgan fingerprint density at radius 3 is 2.45 bits per heavy atom. The van der Waals surface area contributed by atoms with Gasteiger partial charge in [-0.1, -0.05) is 46.5 Å². The molecule has 116 valence electrons. The van der Waals surface area contributed by atoms with E-state index >= 15 is 0 Å². The number of alkyl carbamates (subject to hydrolysis) is 1. The zero-order chi connectivity index (χ0) is 14.5. The van der Waals surface area contributed by atoms with Crippen molar-refractivity contribution in [2.24, 2.45) is 17.8 Å². The van der Waals surface area contributed by atoms with Crippen LogP contribution in [-0.2, 0) is 4.74 Å². The standard InChI is InChI=1S/C17H31NO2/c1-12(2)15-10-9-13(3)11-16(15)20-17(19)18-14-7-5-4-6-8-14/h12-16H,4-11H2,1-3H3,(H,18,19)/t13-,15+,16-/m1/s1. The molecule has 0 unspecified atom stereocenters. The lowest BCUT2D eigenvalue weighted by Crippen LogP contribution is -2.42. The fraction of sp³-hybridized carbons (Fsp3) is 0.941. The maximum absolute atomic E-state index is 12.1. The third-order valence-corrected chi connectivity index (χ3v) is 5.15. The Morgan fingerprint density at radius 1 is 1.10 bits per heavy atom. The van der Waals surface area contributed by atoms with Crippen LogP contribution >= 0.6 is 0 Å². The molecule has 0 aliphatic heterocycles. The molecule has 3 heteroatoms. The summed E-state index contributed by atoms with van der Waals surface area (Å²) in [6.07, 6.45) is 9.44. The summed E-state index contributed by atoms with van der Waals surface area (Å²) in [5.74, 6) is 1.80. The first kappa shape index (κ1) is 15.7. The highest BCUT2D eigenvalue weighted by molar-refractivity contribution is 5.67. The Balaban J connectivity index is 1.83. The minimum absolute atomic E-state index is 0.113. The maximum atomic E-state index is 12.1. The van der Waals surface area contributed by atoms with E-state index in [9.17, 15) is 4.79 Å². The van der Waals surface area contributed by atoms with Gasteiger partial charge in [0.1, 0.15) is 6.10 Å². The zero-order valence-corrected chi connectivity index (χ0v) is 13.4. The highest BCUT2D eigenvalue weighted by Crippen LogP contribution is 2.35. The van der Waals surface area contributed by atoms with Crippen molar-refractivity contribution >= 4 is 6.09 Å². The summed E-state index contributed by atoms with van der Waals surface area (Å²) < 4.78 is 5.79. The number of carbonyl (C=O) groups excluding carboxylic acids is 1. The molecule has 1 N–H and O–H groups in total. The van der Waals surface area contributed by atoms with Gasteiger partial charge in [0.05, 0.1) is 0 Å². The van der Waals surface area contributed by atoms with Crippen molar-refractivity contribution in [1.82, 2.24) is 5.32 Å². The van der Waals surface area contributed by atoms with Gasteiger partial charge in [0, 0.05) is 6.04 Å². The van der Waals surface area contributed by atoms with E-state index < -0.39 is 0 Å². The quantitative estimate of drug-likeness (QED) is 0.826. The van der Waals surface area contributed by atoms with Crippen molar-refractivity contribution in [3.63, 3.8) is 0 Å². The van der Waals surface area contributed by atoms with Crippen molar-refractivity contribution in [3.05, 3.63) is 0 Å². The summed E-state index contributed by atoms with van der Waals surface area (Å²) in [4.78, 5) is 12.1. The first-order valence-corrected chi connectivity index (χ1v) is 8.53. The van der Waals surface area contributed by atoms with Gasteiger partial charge in [-0.05, 0) is 43.4 Å². The molecular weight excluding hydrogens is 250 g/mol. The van der Waals surface area contributed by atoms with Crippen LogP contribution in [0.1, 0.15) is 72.1 Å². The average Bonchev–Trinajstić information content (AvgIpc) is 2.39. The Morgan fingerprint density at radius 2 is 1.80 bits per heavy atom. The topological polar surface area (TPSA) is 38.3 Å². The maximum Gasteiger partial charge on any atom is 0.407 e. The summed E-state index contributed by atoms with van der Waals surface area (Å²) in [5.41, 5.74) is 0. The second kappa shape index (κ2) is 7.33. The minimum Gasteiger partial charge on any atom is -0.446 e. The van der Waals surface area contributed by atoms with E-state index in [1.54, 1.807) is 0 Å². The van der Waals surface area contributed by atoms with Gasteiger partial charge in [-0.2, -0.15) is 0 Å². The Bertz CT molecular complexity index is 310. The summed E-state index contributed by atoms with van der Waals surface area (Å²) in [6, 6.07) is 0.342. The van der Waals surface area contributed by atoms with Gasteiger partial charge in [-0.15, -0.1) is 0 Å². The van der Waals surface area contributed by atoms with Crippen LogP contribution in [0.2, 0.25) is 0 Å². The molecule has 2 rings (SSSR count). The molecule has 0 saturated heterocycles. The molecule has 0 bridgehead atoms. The molecule has 2 fully saturated rings. The number of hydrogen-bond acceptors (Lipinski definition) is 2. The minimum atomic E-state index is -0.179. The monoisotopic (exact) mass is 281 g/mol. The van der Waals surface area contributed by atoms with Crippen LogP contribution in [0.5, 0.6) is 0 Å². The van der Waals surface area contributed by atoms with Crippen LogP contribution in [0.3, 0.4) is 0 Å². The summed E-state index contributed by atoms with van der Waals surface area (Å²) in [5, 5.41) is 3.08. The van der Waals surface area contributed by atoms with E-state index in [1.165, 1.54) is 32.1 Å². The molecule has 20 heavy (non-hydrogen) atoms. The lowest BCUT2D eigenvalue weighted by molar-refractivity contribution is 0.00447. The lowest BCUT2D eigenvalue weighted by Gasteiger charge is -2.37. The fourth-order valence-corrected chi connectivity index (χ4v) is 3.84. The van der Waals surface area contributed by atoms with Crippen molar-refractivity contribution in [2.75, 3.05) is 0 Å². The van der Waals surface area contributed by atoms with Gasteiger partial charge in [0.15, 0.2) is 0 Å². The van der Waals surface area contributed by atoms with Crippen LogP contribution < -0.4 is 5.32 Å². The molecule has 0 heterocycles. The highest BCUT2D eigenvalue weighted by Gasteiger charge is 2.33. The van der Waals surface area contributed by atoms with Crippen molar-refractivity contribution in [3.8, 4) is 0 Å². The molecule has 3 atom stereocenters. The SMILES string of the molecule is CC(C)[C@@H]1CC[C@@H](C)C[C@H]1OC(=O)NC1CCCCC1. The third kappa shape index (κ3) is 4.39. The number of amides is 1. The number of carbonyl (C=O) groups is 1. The van der Waals surface area contributed by atoms with Gasteiger partial charge in [-0.3, -0.25) is 0 Å². The molecule has 3 nitrogen and oxygen atoms in total. The molecule has 0 aromatic carbocycles. The van der Waals surface area contributed by atoms with Crippen LogP contribution in [0.15, 0.2) is 0 Å². The van der Waals surface area contributed by atoms with E-state index in [4.69, 9.17) is 4.74 Å². The van der Waals surface area contributed by atoms with E-state index in [0.717, 1.165) is 19.3 Å². The molecule has 2 aliphatic carbocycles.